The largest absolute Gasteiger partial charge is 0.381 e. The summed E-state index contributed by atoms with van der Waals surface area (Å²) in [6, 6.07) is 10.8. The number of hydrogen-bond acceptors (Lipinski definition) is 3. The van der Waals surface area contributed by atoms with Gasteiger partial charge in [0.1, 0.15) is 5.01 Å². The van der Waals surface area contributed by atoms with Crippen LogP contribution in [-0.2, 0) is 10.2 Å². The zero-order chi connectivity index (χ0) is 14.7. The SMILES string of the molecule is CCC(C)c1csc(C2(c3ccccc3)CCOCC2)n1. The summed E-state index contributed by atoms with van der Waals surface area (Å²) in [5.74, 6) is 0.544. The number of hydrogen-bond donors (Lipinski definition) is 0. The van der Waals surface area contributed by atoms with Crippen LogP contribution in [0.4, 0.5) is 0 Å². The molecule has 2 nitrogen and oxygen atoms in total. The van der Waals surface area contributed by atoms with Gasteiger partial charge in [-0.3, -0.25) is 0 Å². The van der Waals surface area contributed by atoms with Gasteiger partial charge in [-0.2, -0.15) is 0 Å². The first-order valence-corrected chi connectivity index (χ1v) is 8.73. The predicted octanol–water partition coefficient (Wildman–Crippen LogP) is 4.75. The van der Waals surface area contributed by atoms with Gasteiger partial charge >= 0.3 is 0 Å². The minimum atomic E-state index is 0.0515. The fourth-order valence-electron chi connectivity index (χ4n) is 3.04. The molecule has 21 heavy (non-hydrogen) atoms. The molecule has 0 radical (unpaired) electrons. The fraction of sp³-hybridized carbons (Fsp3) is 0.500. The molecule has 0 bridgehead atoms. The van der Waals surface area contributed by atoms with Crippen molar-refractivity contribution in [1.29, 1.82) is 0 Å². The molecule has 1 aromatic carbocycles. The molecule has 2 heterocycles. The van der Waals surface area contributed by atoms with Gasteiger partial charge in [0, 0.05) is 18.6 Å². The summed E-state index contributed by atoms with van der Waals surface area (Å²) in [7, 11) is 0. The minimum Gasteiger partial charge on any atom is -0.381 e. The van der Waals surface area contributed by atoms with Gasteiger partial charge in [0.2, 0.25) is 0 Å². The van der Waals surface area contributed by atoms with Crippen molar-refractivity contribution in [2.45, 2.75) is 44.4 Å². The number of aromatic nitrogens is 1. The molecule has 1 saturated heterocycles. The lowest BCUT2D eigenvalue weighted by Gasteiger charge is -2.36. The molecule has 1 aromatic heterocycles. The van der Waals surface area contributed by atoms with Crippen molar-refractivity contribution >= 4 is 11.3 Å². The number of ether oxygens (including phenoxy) is 1. The monoisotopic (exact) mass is 301 g/mol. The van der Waals surface area contributed by atoms with Crippen molar-refractivity contribution in [3.63, 3.8) is 0 Å². The maximum atomic E-state index is 5.62. The number of rotatable bonds is 4. The molecule has 112 valence electrons. The van der Waals surface area contributed by atoms with E-state index in [0.717, 1.165) is 32.5 Å². The summed E-state index contributed by atoms with van der Waals surface area (Å²) < 4.78 is 5.62. The predicted molar refractivity (Wildman–Crippen MR) is 88.1 cm³/mol. The van der Waals surface area contributed by atoms with Gasteiger partial charge in [0.15, 0.2) is 0 Å². The van der Waals surface area contributed by atoms with E-state index in [4.69, 9.17) is 9.72 Å². The summed E-state index contributed by atoms with van der Waals surface area (Å²) >= 11 is 1.83. The van der Waals surface area contributed by atoms with Crippen LogP contribution >= 0.6 is 11.3 Å². The quantitative estimate of drug-likeness (QED) is 0.812. The van der Waals surface area contributed by atoms with Gasteiger partial charge in [0.25, 0.3) is 0 Å². The Balaban J connectivity index is 2.02. The van der Waals surface area contributed by atoms with Gasteiger partial charge in [0.05, 0.1) is 11.1 Å². The molecule has 3 heteroatoms. The van der Waals surface area contributed by atoms with Crippen molar-refractivity contribution in [1.82, 2.24) is 4.98 Å². The van der Waals surface area contributed by atoms with Crippen molar-refractivity contribution in [2.75, 3.05) is 13.2 Å². The van der Waals surface area contributed by atoms with Gasteiger partial charge < -0.3 is 4.74 Å². The van der Waals surface area contributed by atoms with Crippen molar-refractivity contribution in [2.24, 2.45) is 0 Å². The van der Waals surface area contributed by atoms with Crippen LogP contribution in [0.1, 0.15) is 55.3 Å². The van der Waals surface area contributed by atoms with E-state index in [1.165, 1.54) is 16.3 Å². The number of thiazole rings is 1. The lowest BCUT2D eigenvalue weighted by molar-refractivity contribution is 0.0630. The second-order valence-electron chi connectivity index (χ2n) is 5.95. The van der Waals surface area contributed by atoms with Crippen LogP contribution in [0.5, 0.6) is 0 Å². The lowest BCUT2D eigenvalue weighted by atomic mass is 9.74. The molecule has 0 aliphatic carbocycles. The molecule has 0 amide bonds. The maximum absolute atomic E-state index is 5.62. The van der Waals surface area contributed by atoms with Gasteiger partial charge in [-0.25, -0.2) is 4.98 Å². The van der Waals surface area contributed by atoms with Gasteiger partial charge in [-0.1, -0.05) is 44.2 Å². The Hall–Kier alpha value is -1.19. The van der Waals surface area contributed by atoms with Crippen LogP contribution in [0, 0.1) is 0 Å². The second kappa shape index (κ2) is 6.29. The summed E-state index contributed by atoms with van der Waals surface area (Å²) in [6.45, 7) is 6.14. The van der Waals surface area contributed by atoms with Crippen molar-refractivity contribution < 1.29 is 4.74 Å². The molecule has 1 atom stereocenters. The molecular weight excluding hydrogens is 278 g/mol. The Bertz CT molecular complexity index is 572. The smallest absolute Gasteiger partial charge is 0.104 e. The van der Waals surface area contributed by atoms with Crippen molar-refractivity contribution in [3.8, 4) is 0 Å². The fourth-order valence-corrected chi connectivity index (χ4v) is 4.27. The van der Waals surface area contributed by atoms with E-state index in [1.807, 2.05) is 11.3 Å². The molecular formula is C18H23NOS. The normalized spacial score (nSPS) is 19.3. The summed E-state index contributed by atoms with van der Waals surface area (Å²) in [6.07, 6.45) is 3.21. The van der Waals surface area contributed by atoms with Crippen LogP contribution in [0.2, 0.25) is 0 Å². The molecule has 1 aliphatic heterocycles. The molecule has 3 rings (SSSR count). The highest BCUT2D eigenvalue weighted by Crippen LogP contribution is 2.43. The summed E-state index contributed by atoms with van der Waals surface area (Å²) in [4.78, 5) is 5.02. The highest BCUT2D eigenvalue weighted by atomic mass is 32.1. The third kappa shape index (κ3) is 2.77. The van der Waals surface area contributed by atoms with Crippen LogP contribution in [0.15, 0.2) is 35.7 Å². The maximum Gasteiger partial charge on any atom is 0.104 e. The molecule has 2 aromatic rings. The zero-order valence-corrected chi connectivity index (χ0v) is 13.7. The molecule has 0 spiro atoms. The first-order valence-electron chi connectivity index (χ1n) is 7.85. The molecule has 1 unspecified atom stereocenters. The van der Waals surface area contributed by atoms with Gasteiger partial charge in [-0.05, 0) is 30.7 Å². The van der Waals surface area contributed by atoms with E-state index in [1.54, 1.807) is 0 Å². The molecule has 0 N–H and O–H groups in total. The molecule has 1 fully saturated rings. The Morgan fingerprint density at radius 1 is 1.24 bits per heavy atom. The number of nitrogens with zero attached hydrogens (tertiary/aromatic N) is 1. The minimum absolute atomic E-state index is 0.0515. The molecule has 1 aliphatic rings. The van der Waals surface area contributed by atoms with Crippen LogP contribution in [0.3, 0.4) is 0 Å². The average Bonchev–Trinajstić information content (AvgIpc) is 3.06. The van der Waals surface area contributed by atoms with E-state index in [-0.39, 0.29) is 5.41 Å². The summed E-state index contributed by atoms with van der Waals surface area (Å²) in [5.41, 5.74) is 2.69. The van der Waals surface area contributed by atoms with Crippen LogP contribution < -0.4 is 0 Å². The Kier molecular flexibility index (Phi) is 4.41. The first-order chi connectivity index (χ1) is 10.3. The van der Waals surface area contributed by atoms with Crippen LogP contribution in [0.25, 0.3) is 0 Å². The standard InChI is InChI=1S/C18H23NOS/c1-3-14(2)16-13-21-17(19-16)18(9-11-20-12-10-18)15-7-5-4-6-8-15/h4-8,13-14H,3,9-12H2,1-2H3. The lowest BCUT2D eigenvalue weighted by Crippen LogP contribution is -2.35. The number of benzene rings is 1. The Labute approximate surface area is 131 Å². The third-order valence-corrected chi connectivity index (χ3v) is 5.79. The second-order valence-corrected chi connectivity index (χ2v) is 6.81. The topological polar surface area (TPSA) is 22.1 Å². The Morgan fingerprint density at radius 2 is 1.95 bits per heavy atom. The average molecular weight is 301 g/mol. The van der Waals surface area contributed by atoms with Crippen molar-refractivity contribution in [3.05, 3.63) is 52.0 Å². The van der Waals surface area contributed by atoms with E-state index in [2.05, 4.69) is 49.6 Å². The zero-order valence-electron chi connectivity index (χ0n) is 12.8. The Morgan fingerprint density at radius 3 is 2.62 bits per heavy atom. The molecule has 0 saturated carbocycles. The highest BCUT2D eigenvalue weighted by molar-refractivity contribution is 7.09. The van der Waals surface area contributed by atoms with Crippen LogP contribution in [-0.4, -0.2) is 18.2 Å². The third-order valence-electron chi connectivity index (χ3n) is 4.72. The van der Waals surface area contributed by atoms with E-state index < -0.39 is 0 Å². The highest BCUT2D eigenvalue weighted by Gasteiger charge is 2.39. The van der Waals surface area contributed by atoms with E-state index in [9.17, 15) is 0 Å². The van der Waals surface area contributed by atoms with Gasteiger partial charge in [-0.15, -0.1) is 11.3 Å². The summed E-state index contributed by atoms with van der Waals surface area (Å²) in [5, 5.41) is 3.52. The van der Waals surface area contributed by atoms with E-state index in [0.29, 0.717) is 5.92 Å². The van der Waals surface area contributed by atoms with E-state index >= 15 is 0 Å². The first kappa shape index (κ1) is 14.7.